The summed E-state index contributed by atoms with van der Waals surface area (Å²) < 4.78 is 10.9. The van der Waals surface area contributed by atoms with Crippen LogP contribution in [0, 0.1) is 0 Å². The van der Waals surface area contributed by atoms with E-state index in [9.17, 15) is 10.2 Å². The first kappa shape index (κ1) is 13.6. The molecule has 1 fully saturated rings. The molecule has 1 heterocycles. The van der Waals surface area contributed by atoms with Crippen LogP contribution in [0.3, 0.4) is 0 Å². The third-order valence-corrected chi connectivity index (χ3v) is 3.39. The van der Waals surface area contributed by atoms with E-state index in [1.165, 1.54) is 0 Å². The summed E-state index contributed by atoms with van der Waals surface area (Å²) in [4.78, 5) is 0. The van der Waals surface area contributed by atoms with Crippen molar-refractivity contribution in [3.63, 3.8) is 0 Å². The number of para-hydroxylation sites is 1. The summed E-state index contributed by atoms with van der Waals surface area (Å²) in [6.07, 6.45) is -4.00. The van der Waals surface area contributed by atoms with E-state index in [-0.39, 0.29) is 0 Å². The Morgan fingerprint density at radius 1 is 1.17 bits per heavy atom. The lowest BCUT2D eigenvalue weighted by Gasteiger charge is -2.40. The number of aliphatic hydroxyl groups is 3. The van der Waals surface area contributed by atoms with Crippen LogP contribution >= 0.6 is 12.6 Å². The van der Waals surface area contributed by atoms with Crippen molar-refractivity contribution < 1.29 is 24.8 Å². The van der Waals surface area contributed by atoms with E-state index < -0.39 is 36.5 Å². The van der Waals surface area contributed by atoms with Crippen molar-refractivity contribution in [2.24, 2.45) is 0 Å². The Morgan fingerprint density at radius 2 is 1.83 bits per heavy atom. The first-order chi connectivity index (χ1) is 8.63. The van der Waals surface area contributed by atoms with Crippen LogP contribution in [0.2, 0.25) is 0 Å². The maximum absolute atomic E-state index is 9.80. The highest BCUT2D eigenvalue weighted by Crippen LogP contribution is 2.27. The van der Waals surface area contributed by atoms with Gasteiger partial charge in [0.15, 0.2) is 0 Å². The van der Waals surface area contributed by atoms with E-state index in [0.717, 1.165) is 0 Å². The fourth-order valence-corrected chi connectivity index (χ4v) is 2.11. The molecule has 0 bridgehead atoms. The molecule has 18 heavy (non-hydrogen) atoms. The molecule has 1 aromatic carbocycles. The molecular weight excluding hydrogens is 256 g/mol. The Hall–Kier alpha value is -0.790. The van der Waals surface area contributed by atoms with E-state index in [4.69, 9.17) is 14.6 Å². The van der Waals surface area contributed by atoms with E-state index in [1.54, 1.807) is 24.3 Å². The number of ether oxygens (including phenoxy) is 2. The normalized spacial score (nSPS) is 36.3. The lowest BCUT2D eigenvalue weighted by Crippen LogP contribution is -2.58. The molecule has 1 saturated heterocycles. The Kier molecular flexibility index (Phi) is 4.47. The number of thiol groups is 1. The Balaban J connectivity index is 2.08. The molecule has 1 unspecified atom stereocenters. The maximum Gasteiger partial charge on any atom is 0.214 e. The molecule has 0 aromatic heterocycles. The van der Waals surface area contributed by atoms with Crippen molar-refractivity contribution in [2.75, 3.05) is 6.61 Å². The molecule has 5 nitrogen and oxygen atoms in total. The highest BCUT2D eigenvalue weighted by Gasteiger charge is 2.43. The van der Waals surface area contributed by atoms with Crippen LogP contribution in [0.4, 0.5) is 0 Å². The van der Waals surface area contributed by atoms with Crippen molar-refractivity contribution in [3.8, 4) is 5.75 Å². The number of hydrogen-bond donors (Lipinski definition) is 4. The molecule has 1 aromatic rings. The van der Waals surface area contributed by atoms with Crippen molar-refractivity contribution in [1.82, 2.24) is 0 Å². The Labute approximate surface area is 110 Å². The maximum atomic E-state index is 9.80. The largest absolute Gasteiger partial charge is 0.464 e. The summed E-state index contributed by atoms with van der Waals surface area (Å²) >= 11 is 4.18. The molecule has 1 aliphatic rings. The molecule has 0 spiro atoms. The lowest BCUT2D eigenvalue weighted by molar-refractivity contribution is -0.225. The van der Waals surface area contributed by atoms with Gasteiger partial charge in [-0.1, -0.05) is 18.2 Å². The minimum absolute atomic E-state index is 0.395. The van der Waals surface area contributed by atoms with Gasteiger partial charge in [-0.25, -0.2) is 0 Å². The summed E-state index contributed by atoms with van der Waals surface area (Å²) in [5, 5.41) is 27.8. The molecule has 0 amide bonds. The van der Waals surface area contributed by atoms with Crippen LogP contribution in [0.5, 0.6) is 5.75 Å². The van der Waals surface area contributed by atoms with E-state index in [1.807, 2.05) is 6.07 Å². The van der Waals surface area contributed by atoms with Gasteiger partial charge in [-0.3, -0.25) is 0 Å². The van der Waals surface area contributed by atoms with Gasteiger partial charge in [-0.15, -0.1) is 0 Å². The zero-order valence-electron chi connectivity index (χ0n) is 9.59. The molecule has 0 saturated carbocycles. The second kappa shape index (κ2) is 5.90. The van der Waals surface area contributed by atoms with Gasteiger partial charge in [0.25, 0.3) is 0 Å². The number of hydrogen-bond acceptors (Lipinski definition) is 6. The minimum atomic E-state index is -1.17. The van der Waals surface area contributed by atoms with Gasteiger partial charge in [0.05, 0.1) is 11.9 Å². The zero-order chi connectivity index (χ0) is 13.1. The summed E-state index contributed by atoms with van der Waals surface area (Å²) in [7, 11) is 0. The predicted molar refractivity (Wildman–Crippen MR) is 67.6 cm³/mol. The molecule has 5 atom stereocenters. The number of rotatable bonds is 3. The summed E-state index contributed by atoms with van der Waals surface area (Å²) in [6, 6.07) is 8.95. The number of aliphatic hydroxyl groups excluding tert-OH is 3. The molecule has 100 valence electrons. The summed E-state index contributed by atoms with van der Waals surface area (Å²) in [5.41, 5.74) is 0. The van der Waals surface area contributed by atoms with Crippen LogP contribution in [0.25, 0.3) is 0 Å². The second-order valence-corrected chi connectivity index (χ2v) is 4.72. The van der Waals surface area contributed by atoms with Crippen molar-refractivity contribution >= 4 is 12.6 Å². The Morgan fingerprint density at radius 3 is 2.44 bits per heavy atom. The fourth-order valence-electron chi connectivity index (χ4n) is 1.80. The molecule has 0 aliphatic carbocycles. The summed E-state index contributed by atoms with van der Waals surface area (Å²) in [5.74, 6) is 0.571. The molecule has 6 heteroatoms. The smallest absolute Gasteiger partial charge is 0.214 e. The standard InChI is InChI=1S/C12H16O5S/c13-6-8-9(14)10(15)11(18)12(17-8)16-7-4-2-1-3-5-7/h1-5,8-15,18H,6H2/t8-,9+,10+,11-,12?/m1/s1. The highest BCUT2D eigenvalue weighted by atomic mass is 32.1. The van der Waals surface area contributed by atoms with Crippen molar-refractivity contribution in [2.45, 2.75) is 29.9 Å². The van der Waals surface area contributed by atoms with Crippen LogP contribution in [-0.2, 0) is 4.74 Å². The summed E-state index contributed by atoms with van der Waals surface area (Å²) in [6.45, 7) is -0.395. The Bertz CT molecular complexity index is 372. The van der Waals surface area contributed by atoms with E-state index >= 15 is 0 Å². The van der Waals surface area contributed by atoms with E-state index in [2.05, 4.69) is 12.6 Å². The van der Waals surface area contributed by atoms with Crippen LogP contribution in [-0.4, -0.2) is 51.8 Å². The quantitative estimate of drug-likeness (QED) is 0.573. The third-order valence-electron chi connectivity index (χ3n) is 2.84. The fraction of sp³-hybridized carbons (Fsp3) is 0.500. The van der Waals surface area contributed by atoms with Crippen molar-refractivity contribution in [1.29, 1.82) is 0 Å². The van der Waals surface area contributed by atoms with Crippen LogP contribution < -0.4 is 4.74 Å². The second-order valence-electron chi connectivity index (χ2n) is 4.13. The average molecular weight is 272 g/mol. The van der Waals surface area contributed by atoms with Gasteiger partial charge in [0.1, 0.15) is 24.1 Å². The lowest BCUT2D eigenvalue weighted by atomic mass is 10.0. The monoisotopic (exact) mass is 272 g/mol. The topological polar surface area (TPSA) is 79.2 Å². The molecule has 0 radical (unpaired) electrons. The van der Waals surface area contributed by atoms with Crippen LogP contribution in [0.1, 0.15) is 0 Å². The van der Waals surface area contributed by atoms with Gasteiger partial charge in [-0.05, 0) is 12.1 Å². The van der Waals surface area contributed by atoms with Crippen molar-refractivity contribution in [3.05, 3.63) is 30.3 Å². The van der Waals surface area contributed by atoms with Gasteiger partial charge >= 0.3 is 0 Å². The molecule has 1 aliphatic heterocycles. The minimum Gasteiger partial charge on any atom is -0.464 e. The SMILES string of the molecule is OC[C@H]1OC(Oc2ccccc2)[C@H](S)[C@@H](O)[C@H]1O. The van der Waals surface area contributed by atoms with Gasteiger partial charge in [0.2, 0.25) is 6.29 Å². The molecule has 2 rings (SSSR count). The third kappa shape index (κ3) is 2.78. The van der Waals surface area contributed by atoms with Crippen LogP contribution in [0.15, 0.2) is 30.3 Å². The first-order valence-electron chi connectivity index (χ1n) is 5.65. The van der Waals surface area contributed by atoms with Gasteiger partial charge in [-0.2, -0.15) is 12.6 Å². The predicted octanol–water partition coefficient (Wildman–Crippen LogP) is -0.197. The highest BCUT2D eigenvalue weighted by molar-refractivity contribution is 7.81. The molecular formula is C12H16O5S. The molecule has 3 N–H and O–H groups in total. The number of benzene rings is 1. The average Bonchev–Trinajstić information content (AvgIpc) is 2.40. The van der Waals surface area contributed by atoms with Gasteiger partial charge < -0.3 is 24.8 Å². The van der Waals surface area contributed by atoms with E-state index in [0.29, 0.717) is 5.75 Å². The van der Waals surface area contributed by atoms with Gasteiger partial charge in [0, 0.05) is 0 Å². The first-order valence-corrected chi connectivity index (χ1v) is 6.17. The zero-order valence-corrected chi connectivity index (χ0v) is 10.5.